The summed E-state index contributed by atoms with van der Waals surface area (Å²) in [6.45, 7) is 0. The highest BCUT2D eigenvalue weighted by molar-refractivity contribution is 9.10. The molecule has 0 atom stereocenters. The topological polar surface area (TPSA) is 0 Å². The standard InChI is InChI=1S/C10H9Br2F3S/c11-6-2-4-7-3-1-5-8(12)9(7)16-10(13,14)15/h1,3,5H,2,4,6H2. The van der Waals surface area contributed by atoms with E-state index in [1.165, 1.54) is 0 Å². The van der Waals surface area contributed by atoms with Crippen molar-refractivity contribution in [1.82, 2.24) is 0 Å². The summed E-state index contributed by atoms with van der Waals surface area (Å²) >= 11 is 6.37. The third-order valence-electron chi connectivity index (χ3n) is 1.85. The van der Waals surface area contributed by atoms with Gasteiger partial charge in [0.15, 0.2) is 0 Å². The van der Waals surface area contributed by atoms with Gasteiger partial charge < -0.3 is 0 Å². The van der Waals surface area contributed by atoms with E-state index >= 15 is 0 Å². The molecule has 0 unspecified atom stereocenters. The maximum Gasteiger partial charge on any atom is 0.446 e. The van der Waals surface area contributed by atoms with Gasteiger partial charge in [0, 0.05) is 14.7 Å². The number of alkyl halides is 4. The molecular weight excluding hydrogens is 369 g/mol. The van der Waals surface area contributed by atoms with Crippen molar-refractivity contribution in [3.05, 3.63) is 28.2 Å². The molecule has 0 radical (unpaired) electrons. The van der Waals surface area contributed by atoms with Crippen LogP contribution in [0.1, 0.15) is 12.0 Å². The zero-order valence-electron chi connectivity index (χ0n) is 8.15. The molecule has 1 rings (SSSR count). The van der Waals surface area contributed by atoms with E-state index in [0.29, 0.717) is 10.9 Å². The molecule has 0 spiro atoms. The molecule has 1 aromatic carbocycles. The Morgan fingerprint density at radius 1 is 1.25 bits per heavy atom. The zero-order valence-corrected chi connectivity index (χ0v) is 12.1. The molecule has 0 fully saturated rings. The van der Waals surface area contributed by atoms with Crippen molar-refractivity contribution in [2.45, 2.75) is 23.2 Å². The minimum absolute atomic E-state index is 0.0578. The average Bonchev–Trinajstić information content (AvgIpc) is 2.17. The molecular formula is C10H9Br2F3S. The fraction of sp³-hybridized carbons (Fsp3) is 0.400. The Morgan fingerprint density at radius 3 is 2.50 bits per heavy atom. The maximum absolute atomic E-state index is 12.4. The van der Waals surface area contributed by atoms with Gasteiger partial charge in [-0.25, -0.2) is 0 Å². The van der Waals surface area contributed by atoms with Crippen molar-refractivity contribution < 1.29 is 13.2 Å². The van der Waals surface area contributed by atoms with Crippen LogP contribution in [-0.2, 0) is 6.42 Å². The molecule has 0 saturated carbocycles. The van der Waals surface area contributed by atoms with Crippen molar-refractivity contribution in [3.8, 4) is 0 Å². The van der Waals surface area contributed by atoms with Gasteiger partial charge in [0.1, 0.15) is 0 Å². The Morgan fingerprint density at radius 2 is 1.94 bits per heavy atom. The highest BCUT2D eigenvalue weighted by Crippen LogP contribution is 2.42. The van der Waals surface area contributed by atoms with E-state index in [1.54, 1.807) is 18.2 Å². The first-order chi connectivity index (χ1) is 7.44. The van der Waals surface area contributed by atoms with E-state index in [2.05, 4.69) is 31.9 Å². The highest BCUT2D eigenvalue weighted by Gasteiger charge is 2.31. The van der Waals surface area contributed by atoms with Crippen LogP contribution in [0.2, 0.25) is 0 Å². The molecule has 0 saturated heterocycles. The summed E-state index contributed by atoms with van der Waals surface area (Å²) in [4.78, 5) is 0.274. The number of aryl methyl sites for hydroxylation is 1. The summed E-state index contributed by atoms with van der Waals surface area (Å²) in [6, 6.07) is 5.13. The van der Waals surface area contributed by atoms with E-state index in [9.17, 15) is 13.2 Å². The fourth-order valence-electron chi connectivity index (χ4n) is 1.24. The molecule has 90 valence electrons. The molecule has 16 heavy (non-hydrogen) atoms. The molecule has 0 amide bonds. The van der Waals surface area contributed by atoms with E-state index < -0.39 is 5.51 Å². The summed E-state index contributed by atoms with van der Waals surface area (Å²) in [6.07, 6.45) is 1.46. The first-order valence-corrected chi connectivity index (χ1v) is 7.26. The highest BCUT2D eigenvalue weighted by atomic mass is 79.9. The minimum atomic E-state index is -4.24. The SMILES string of the molecule is FC(F)(F)Sc1c(Br)cccc1CCCBr. The van der Waals surface area contributed by atoms with Crippen LogP contribution in [0, 0.1) is 0 Å². The smallest absolute Gasteiger partial charge is 0.160 e. The Balaban J connectivity index is 2.94. The maximum atomic E-state index is 12.4. The van der Waals surface area contributed by atoms with E-state index in [1.807, 2.05) is 0 Å². The molecule has 0 bridgehead atoms. The van der Waals surface area contributed by atoms with Gasteiger partial charge in [-0.2, -0.15) is 13.2 Å². The average molecular weight is 378 g/mol. The fourth-order valence-corrected chi connectivity index (χ4v) is 2.87. The van der Waals surface area contributed by atoms with Gasteiger partial charge in [0.25, 0.3) is 0 Å². The second-order valence-electron chi connectivity index (χ2n) is 3.07. The molecule has 0 heterocycles. The van der Waals surface area contributed by atoms with Crippen molar-refractivity contribution >= 4 is 43.6 Å². The second-order valence-corrected chi connectivity index (χ2v) is 5.79. The third-order valence-corrected chi connectivity index (χ3v) is 4.25. The Bertz CT molecular complexity index is 352. The zero-order chi connectivity index (χ0) is 12.2. The van der Waals surface area contributed by atoms with E-state index in [0.717, 1.165) is 17.3 Å². The van der Waals surface area contributed by atoms with Crippen molar-refractivity contribution in [2.24, 2.45) is 0 Å². The largest absolute Gasteiger partial charge is 0.446 e. The Hall–Kier alpha value is 0.320. The van der Waals surface area contributed by atoms with Gasteiger partial charge in [-0.05, 0) is 52.2 Å². The summed E-state index contributed by atoms with van der Waals surface area (Å²) in [5.74, 6) is 0. The minimum Gasteiger partial charge on any atom is -0.160 e. The number of rotatable bonds is 4. The van der Waals surface area contributed by atoms with E-state index in [4.69, 9.17) is 0 Å². The first-order valence-electron chi connectivity index (χ1n) is 4.53. The van der Waals surface area contributed by atoms with Gasteiger partial charge >= 0.3 is 5.51 Å². The molecule has 0 nitrogen and oxygen atoms in total. The second kappa shape index (κ2) is 6.31. The first kappa shape index (κ1) is 14.4. The molecule has 0 N–H and O–H groups in total. The van der Waals surface area contributed by atoms with Gasteiger partial charge in [0.2, 0.25) is 0 Å². The lowest BCUT2D eigenvalue weighted by Crippen LogP contribution is -2.02. The predicted octanol–water partition coefficient (Wildman–Crippen LogP) is 5.39. The summed E-state index contributed by atoms with van der Waals surface area (Å²) in [5.41, 5.74) is -3.51. The van der Waals surface area contributed by atoms with Crippen molar-refractivity contribution in [3.63, 3.8) is 0 Å². The summed E-state index contributed by atoms with van der Waals surface area (Å²) in [7, 11) is 0. The van der Waals surface area contributed by atoms with Crippen LogP contribution in [0.3, 0.4) is 0 Å². The lowest BCUT2D eigenvalue weighted by Gasteiger charge is -2.12. The van der Waals surface area contributed by atoms with Gasteiger partial charge in [-0.3, -0.25) is 0 Å². The normalized spacial score (nSPS) is 11.8. The number of benzene rings is 1. The molecule has 0 aliphatic rings. The van der Waals surface area contributed by atoms with Crippen LogP contribution in [0.5, 0.6) is 0 Å². The van der Waals surface area contributed by atoms with Crippen LogP contribution < -0.4 is 0 Å². The summed E-state index contributed by atoms with van der Waals surface area (Å²) in [5, 5.41) is 0.787. The Labute approximate surface area is 113 Å². The van der Waals surface area contributed by atoms with Crippen LogP contribution in [0.25, 0.3) is 0 Å². The monoisotopic (exact) mass is 376 g/mol. The number of thioether (sulfide) groups is 1. The number of hydrogen-bond donors (Lipinski definition) is 0. The summed E-state index contributed by atoms with van der Waals surface area (Å²) < 4.78 is 37.6. The lowest BCUT2D eigenvalue weighted by atomic mass is 10.1. The van der Waals surface area contributed by atoms with Crippen molar-refractivity contribution in [2.75, 3.05) is 5.33 Å². The van der Waals surface area contributed by atoms with Crippen LogP contribution in [0.4, 0.5) is 13.2 Å². The Kier molecular flexibility index (Phi) is 5.67. The van der Waals surface area contributed by atoms with Gasteiger partial charge in [-0.1, -0.05) is 28.1 Å². The predicted molar refractivity (Wildman–Crippen MR) is 68.2 cm³/mol. The number of hydrogen-bond acceptors (Lipinski definition) is 1. The molecule has 6 heteroatoms. The van der Waals surface area contributed by atoms with Crippen LogP contribution in [0.15, 0.2) is 27.6 Å². The van der Waals surface area contributed by atoms with Crippen LogP contribution >= 0.6 is 43.6 Å². The van der Waals surface area contributed by atoms with Crippen LogP contribution in [-0.4, -0.2) is 10.8 Å². The van der Waals surface area contributed by atoms with Gasteiger partial charge in [-0.15, -0.1) is 0 Å². The lowest BCUT2D eigenvalue weighted by molar-refractivity contribution is -0.0328. The number of halogens is 5. The van der Waals surface area contributed by atoms with Gasteiger partial charge in [0.05, 0.1) is 0 Å². The van der Waals surface area contributed by atoms with E-state index in [-0.39, 0.29) is 16.7 Å². The molecule has 0 aliphatic carbocycles. The quantitative estimate of drug-likeness (QED) is 0.500. The van der Waals surface area contributed by atoms with Crippen molar-refractivity contribution in [1.29, 1.82) is 0 Å². The molecule has 0 aromatic heterocycles. The molecule has 0 aliphatic heterocycles. The molecule has 1 aromatic rings. The third kappa shape index (κ3) is 4.67.